The Morgan fingerprint density at radius 3 is 2.91 bits per heavy atom. The second-order valence-electron chi connectivity index (χ2n) is 7.27. The van der Waals surface area contributed by atoms with Gasteiger partial charge in [0.2, 0.25) is 0 Å². The average molecular weight is 321 g/mol. The Balaban J connectivity index is 1.83. The van der Waals surface area contributed by atoms with Crippen LogP contribution in [-0.4, -0.2) is 35.8 Å². The first-order chi connectivity index (χ1) is 10.8. The maximum atomic E-state index is 13.5. The van der Waals surface area contributed by atoms with Gasteiger partial charge in [-0.25, -0.2) is 9.18 Å². The highest BCUT2D eigenvalue weighted by Crippen LogP contribution is 2.37. The molecule has 1 aromatic rings. The van der Waals surface area contributed by atoms with E-state index in [1.165, 1.54) is 6.07 Å². The summed E-state index contributed by atoms with van der Waals surface area (Å²) in [5.74, 6) is -0.222. The molecule has 1 saturated heterocycles. The van der Waals surface area contributed by atoms with Gasteiger partial charge in [0.25, 0.3) is 0 Å². The highest BCUT2D eigenvalue weighted by atomic mass is 19.1. The van der Waals surface area contributed by atoms with Crippen LogP contribution in [-0.2, 0) is 15.9 Å². The molecule has 0 saturated carbocycles. The third-order valence-electron chi connectivity index (χ3n) is 4.36. The highest BCUT2D eigenvalue weighted by molar-refractivity contribution is 5.69. The van der Waals surface area contributed by atoms with Gasteiger partial charge < -0.3 is 14.4 Å². The van der Waals surface area contributed by atoms with Gasteiger partial charge in [-0.3, -0.25) is 0 Å². The lowest BCUT2D eigenvalue weighted by Crippen LogP contribution is -2.43. The maximum Gasteiger partial charge on any atom is 0.410 e. The summed E-state index contributed by atoms with van der Waals surface area (Å²) in [6, 6.07) is 4.79. The molecule has 0 aliphatic carbocycles. The van der Waals surface area contributed by atoms with Gasteiger partial charge in [-0.1, -0.05) is 6.07 Å². The maximum absolute atomic E-state index is 13.5. The van der Waals surface area contributed by atoms with Crippen molar-refractivity contribution in [2.45, 2.75) is 57.8 Å². The zero-order chi connectivity index (χ0) is 16.6. The Morgan fingerprint density at radius 1 is 1.39 bits per heavy atom. The van der Waals surface area contributed by atoms with Gasteiger partial charge in [0.15, 0.2) is 0 Å². The third kappa shape index (κ3) is 3.50. The molecular formula is C18H24FNO3. The zero-order valence-electron chi connectivity index (χ0n) is 14.0. The number of likely N-dealkylation sites (tertiary alicyclic amines) is 1. The molecule has 4 nitrogen and oxygen atoms in total. The van der Waals surface area contributed by atoms with Crippen LogP contribution in [0.1, 0.15) is 50.8 Å². The van der Waals surface area contributed by atoms with Gasteiger partial charge in [0.1, 0.15) is 17.5 Å². The second-order valence-corrected chi connectivity index (χ2v) is 7.27. The topological polar surface area (TPSA) is 38.8 Å². The van der Waals surface area contributed by atoms with Gasteiger partial charge in [-0.2, -0.15) is 0 Å². The molecule has 1 aromatic carbocycles. The summed E-state index contributed by atoms with van der Waals surface area (Å²) in [5.41, 5.74) is 1.47. The Morgan fingerprint density at radius 2 is 2.17 bits per heavy atom. The Kier molecular flexibility index (Phi) is 4.32. The normalized spacial score (nSPS) is 24.4. The molecule has 1 fully saturated rings. The van der Waals surface area contributed by atoms with Crippen LogP contribution in [0.15, 0.2) is 18.2 Å². The van der Waals surface area contributed by atoms with Crippen molar-refractivity contribution < 1.29 is 18.7 Å². The van der Waals surface area contributed by atoms with E-state index in [0.29, 0.717) is 19.6 Å². The van der Waals surface area contributed by atoms with Crippen LogP contribution in [0.25, 0.3) is 0 Å². The molecule has 2 atom stereocenters. The van der Waals surface area contributed by atoms with E-state index in [1.807, 2.05) is 20.8 Å². The first-order valence-electron chi connectivity index (χ1n) is 8.25. The molecule has 3 rings (SSSR count). The zero-order valence-corrected chi connectivity index (χ0v) is 14.0. The van der Waals surface area contributed by atoms with E-state index in [4.69, 9.17) is 9.47 Å². The van der Waals surface area contributed by atoms with Crippen LogP contribution >= 0.6 is 0 Å². The molecule has 5 heteroatoms. The van der Waals surface area contributed by atoms with Crippen LogP contribution in [0.5, 0.6) is 0 Å². The number of hydrogen-bond acceptors (Lipinski definition) is 3. The summed E-state index contributed by atoms with van der Waals surface area (Å²) in [6.07, 6.45) is 2.02. The molecule has 23 heavy (non-hydrogen) atoms. The molecule has 0 radical (unpaired) electrons. The van der Waals surface area contributed by atoms with Crippen molar-refractivity contribution >= 4 is 6.09 Å². The lowest BCUT2D eigenvalue weighted by Gasteiger charge is -2.36. The summed E-state index contributed by atoms with van der Waals surface area (Å²) < 4.78 is 25.0. The van der Waals surface area contributed by atoms with Gasteiger partial charge in [0, 0.05) is 6.54 Å². The van der Waals surface area contributed by atoms with E-state index in [1.54, 1.807) is 17.0 Å². The van der Waals surface area contributed by atoms with Crippen molar-refractivity contribution in [2.75, 3.05) is 13.2 Å². The molecular weight excluding hydrogens is 297 g/mol. The molecule has 1 amide bonds. The molecule has 0 unspecified atom stereocenters. The van der Waals surface area contributed by atoms with Crippen LogP contribution in [0, 0.1) is 5.82 Å². The standard InChI is InChI=1S/C18H24FNO3/c1-18(2,3)23-17(21)20-9-4-5-15(20)16-14-7-6-13(19)11-12(14)8-10-22-16/h6-7,11,15-16H,4-5,8-10H2,1-3H3/t15-,16-/m0/s1. The number of halogens is 1. The fourth-order valence-electron chi connectivity index (χ4n) is 3.43. The number of ether oxygens (including phenoxy) is 2. The molecule has 0 spiro atoms. The summed E-state index contributed by atoms with van der Waals surface area (Å²) >= 11 is 0. The SMILES string of the molecule is CC(C)(C)OC(=O)N1CCC[C@H]1[C@H]1OCCc2cc(F)ccc21. The number of benzene rings is 1. The first-order valence-corrected chi connectivity index (χ1v) is 8.25. The molecule has 2 heterocycles. The van der Waals surface area contributed by atoms with E-state index in [-0.39, 0.29) is 24.1 Å². The number of nitrogens with zero attached hydrogens (tertiary/aromatic N) is 1. The largest absolute Gasteiger partial charge is 0.444 e. The second kappa shape index (κ2) is 6.11. The van der Waals surface area contributed by atoms with Gasteiger partial charge in [-0.05, 0) is 63.3 Å². The average Bonchev–Trinajstić information content (AvgIpc) is 2.93. The first kappa shape index (κ1) is 16.2. The van der Waals surface area contributed by atoms with Crippen molar-refractivity contribution in [1.82, 2.24) is 4.90 Å². The number of fused-ring (bicyclic) bond motifs is 1. The Labute approximate surface area is 136 Å². The number of amides is 1. The van der Waals surface area contributed by atoms with Gasteiger partial charge >= 0.3 is 6.09 Å². The summed E-state index contributed by atoms with van der Waals surface area (Å²) in [4.78, 5) is 14.2. The van der Waals surface area contributed by atoms with Crippen molar-refractivity contribution in [3.63, 3.8) is 0 Å². The smallest absolute Gasteiger partial charge is 0.410 e. The number of rotatable bonds is 1. The van der Waals surface area contributed by atoms with Crippen LogP contribution in [0.3, 0.4) is 0 Å². The molecule has 2 aliphatic rings. The quantitative estimate of drug-likeness (QED) is 0.789. The fraction of sp³-hybridized carbons (Fsp3) is 0.611. The third-order valence-corrected chi connectivity index (χ3v) is 4.36. The lowest BCUT2D eigenvalue weighted by molar-refractivity contribution is -0.0266. The van der Waals surface area contributed by atoms with Gasteiger partial charge in [0.05, 0.1) is 12.6 Å². The van der Waals surface area contributed by atoms with Crippen LogP contribution < -0.4 is 0 Å². The van der Waals surface area contributed by atoms with E-state index in [2.05, 4.69) is 0 Å². The monoisotopic (exact) mass is 321 g/mol. The van der Waals surface area contributed by atoms with Crippen molar-refractivity contribution in [1.29, 1.82) is 0 Å². The summed E-state index contributed by atoms with van der Waals surface area (Å²) in [5, 5.41) is 0. The lowest BCUT2D eigenvalue weighted by atomic mass is 9.92. The molecule has 0 aromatic heterocycles. The summed E-state index contributed by atoms with van der Waals surface area (Å²) in [6.45, 7) is 6.83. The minimum absolute atomic E-state index is 0.0469. The number of carbonyl (C=O) groups is 1. The molecule has 0 N–H and O–H groups in total. The summed E-state index contributed by atoms with van der Waals surface area (Å²) in [7, 11) is 0. The Bertz CT molecular complexity index is 596. The van der Waals surface area contributed by atoms with E-state index < -0.39 is 5.60 Å². The molecule has 2 aliphatic heterocycles. The minimum atomic E-state index is -0.515. The van der Waals surface area contributed by atoms with E-state index >= 15 is 0 Å². The van der Waals surface area contributed by atoms with E-state index in [9.17, 15) is 9.18 Å². The fourth-order valence-corrected chi connectivity index (χ4v) is 3.43. The van der Waals surface area contributed by atoms with Gasteiger partial charge in [-0.15, -0.1) is 0 Å². The predicted octanol–water partition coefficient (Wildman–Crippen LogP) is 3.84. The molecule has 126 valence electrons. The highest BCUT2D eigenvalue weighted by Gasteiger charge is 2.40. The minimum Gasteiger partial charge on any atom is -0.444 e. The van der Waals surface area contributed by atoms with Crippen molar-refractivity contribution in [2.24, 2.45) is 0 Å². The van der Waals surface area contributed by atoms with Crippen LogP contribution in [0.2, 0.25) is 0 Å². The number of carbonyl (C=O) groups excluding carboxylic acids is 1. The Hall–Kier alpha value is -1.62. The molecule has 0 bridgehead atoms. The van der Waals surface area contributed by atoms with E-state index in [0.717, 1.165) is 24.0 Å². The van der Waals surface area contributed by atoms with Crippen LogP contribution in [0.4, 0.5) is 9.18 Å². The van der Waals surface area contributed by atoms with Crippen molar-refractivity contribution in [3.8, 4) is 0 Å². The van der Waals surface area contributed by atoms with Crippen molar-refractivity contribution in [3.05, 3.63) is 35.1 Å². The number of hydrogen-bond donors (Lipinski definition) is 0. The predicted molar refractivity (Wildman–Crippen MR) is 84.8 cm³/mol.